The van der Waals surface area contributed by atoms with E-state index < -0.39 is 0 Å². The third-order valence-electron chi connectivity index (χ3n) is 0.633. The standard InChI is InChI=1S/C4H4OS2/c5-3-4-6-1-2-7-4/h1-2H2. The highest BCUT2D eigenvalue weighted by atomic mass is 32.2. The Balaban J connectivity index is 2.57. The van der Waals surface area contributed by atoms with Crippen LogP contribution >= 0.6 is 23.5 Å². The SMILES string of the molecule is O=C=C1SCCS1. The average Bonchev–Trinajstić information content (AvgIpc) is 2.14. The van der Waals surface area contributed by atoms with Gasteiger partial charge in [-0.3, -0.25) is 0 Å². The molecule has 1 heterocycles. The molecule has 0 N–H and O–H groups in total. The second-order valence-corrected chi connectivity index (χ2v) is 3.56. The first-order valence-corrected chi connectivity index (χ1v) is 3.91. The van der Waals surface area contributed by atoms with E-state index in [4.69, 9.17) is 0 Å². The van der Waals surface area contributed by atoms with Crippen LogP contribution in [0, 0.1) is 0 Å². The molecular weight excluding hydrogens is 128 g/mol. The van der Waals surface area contributed by atoms with Crippen molar-refractivity contribution >= 4 is 29.5 Å². The van der Waals surface area contributed by atoms with Gasteiger partial charge in [0.15, 0.2) is 0 Å². The van der Waals surface area contributed by atoms with Gasteiger partial charge in [-0.2, -0.15) is 0 Å². The van der Waals surface area contributed by atoms with Crippen LogP contribution in [0.25, 0.3) is 0 Å². The molecule has 0 radical (unpaired) electrons. The smallest absolute Gasteiger partial charge is 0.146 e. The Kier molecular flexibility index (Phi) is 1.86. The van der Waals surface area contributed by atoms with Crippen molar-refractivity contribution in [1.29, 1.82) is 0 Å². The van der Waals surface area contributed by atoms with Gasteiger partial charge in [-0.1, -0.05) is 0 Å². The van der Waals surface area contributed by atoms with Crippen molar-refractivity contribution in [1.82, 2.24) is 0 Å². The molecule has 0 aromatic rings. The highest BCUT2D eigenvalue weighted by molar-refractivity contribution is 8.25. The van der Waals surface area contributed by atoms with Crippen LogP contribution in [0.5, 0.6) is 0 Å². The molecule has 0 aromatic carbocycles. The summed E-state index contributed by atoms with van der Waals surface area (Å²) in [6, 6.07) is 0. The summed E-state index contributed by atoms with van der Waals surface area (Å²) in [7, 11) is 0. The molecule has 1 saturated heterocycles. The maximum Gasteiger partial charge on any atom is 0.146 e. The van der Waals surface area contributed by atoms with Crippen LogP contribution in [0.15, 0.2) is 4.24 Å². The molecular formula is C4H4OS2. The summed E-state index contributed by atoms with van der Waals surface area (Å²) in [6.45, 7) is 0. The molecule has 0 saturated carbocycles. The van der Waals surface area contributed by atoms with Crippen LogP contribution in [0.3, 0.4) is 0 Å². The normalized spacial score (nSPS) is 19.7. The Hall–Kier alpha value is 0.150. The zero-order valence-corrected chi connectivity index (χ0v) is 5.27. The maximum absolute atomic E-state index is 9.80. The van der Waals surface area contributed by atoms with Crippen molar-refractivity contribution < 1.29 is 4.79 Å². The maximum atomic E-state index is 9.80. The van der Waals surface area contributed by atoms with Crippen LogP contribution in [0.4, 0.5) is 0 Å². The van der Waals surface area contributed by atoms with Crippen molar-refractivity contribution in [3.05, 3.63) is 4.24 Å². The van der Waals surface area contributed by atoms with Gasteiger partial charge < -0.3 is 0 Å². The van der Waals surface area contributed by atoms with Crippen LogP contribution in [-0.4, -0.2) is 17.4 Å². The molecule has 0 amide bonds. The Labute approximate surface area is 50.5 Å². The molecule has 0 unspecified atom stereocenters. The van der Waals surface area contributed by atoms with E-state index in [1.807, 2.05) is 5.94 Å². The third-order valence-corrected chi connectivity index (χ3v) is 3.11. The summed E-state index contributed by atoms with van der Waals surface area (Å²) < 4.78 is 0.819. The molecule has 1 rings (SSSR count). The predicted octanol–water partition coefficient (Wildman–Crippen LogP) is 1.14. The van der Waals surface area contributed by atoms with E-state index in [1.54, 1.807) is 23.5 Å². The number of carbonyl (C=O) groups excluding carboxylic acids is 1. The van der Waals surface area contributed by atoms with Crippen molar-refractivity contribution in [3.8, 4) is 0 Å². The number of rotatable bonds is 0. The molecule has 0 spiro atoms. The Bertz CT molecular complexity index is 107. The van der Waals surface area contributed by atoms with Gasteiger partial charge >= 0.3 is 0 Å². The summed E-state index contributed by atoms with van der Waals surface area (Å²) in [5.41, 5.74) is 0. The number of hydrogen-bond donors (Lipinski definition) is 0. The first kappa shape index (κ1) is 5.29. The molecule has 1 nitrogen and oxygen atoms in total. The van der Waals surface area contributed by atoms with E-state index in [1.165, 1.54) is 0 Å². The summed E-state index contributed by atoms with van der Waals surface area (Å²) in [6.07, 6.45) is 0. The first-order valence-electron chi connectivity index (χ1n) is 1.94. The molecule has 0 atom stereocenters. The zero-order chi connectivity index (χ0) is 5.11. The number of thioether (sulfide) groups is 2. The van der Waals surface area contributed by atoms with Gasteiger partial charge in [0.2, 0.25) is 0 Å². The fourth-order valence-electron chi connectivity index (χ4n) is 0.369. The molecule has 0 aromatic heterocycles. The summed E-state index contributed by atoms with van der Waals surface area (Å²) in [4.78, 5) is 9.80. The molecule has 7 heavy (non-hydrogen) atoms. The van der Waals surface area contributed by atoms with Crippen molar-refractivity contribution in [3.63, 3.8) is 0 Å². The molecule has 1 fully saturated rings. The lowest BCUT2D eigenvalue weighted by Gasteiger charge is -1.75. The van der Waals surface area contributed by atoms with Crippen LogP contribution in [0.2, 0.25) is 0 Å². The summed E-state index contributed by atoms with van der Waals surface area (Å²) >= 11 is 3.20. The third kappa shape index (κ3) is 1.27. The molecule has 3 heteroatoms. The Morgan fingerprint density at radius 2 is 2.00 bits per heavy atom. The van der Waals surface area contributed by atoms with Crippen molar-refractivity contribution in [2.24, 2.45) is 0 Å². The topological polar surface area (TPSA) is 17.1 Å². The lowest BCUT2D eigenvalue weighted by Crippen LogP contribution is -1.64. The second kappa shape index (κ2) is 2.46. The Morgan fingerprint density at radius 3 is 2.29 bits per heavy atom. The van der Waals surface area contributed by atoms with Crippen LogP contribution < -0.4 is 0 Å². The second-order valence-electron chi connectivity index (χ2n) is 1.09. The van der Waals surface area contributed by atoms with Gasteiger partial charge in [-0.15, -0.1) is 23.5 Å². The van der Waals surface area contributed by atoms with Gasteiger partial charge in [0.25, 0.3) is 0 Å². The van der Waals surface area contributed by atoms with Gasteiger partial charge in [0, 0.05) is 11.5 Å². The van der Waals surface area contributed by atoms with Gasteiger partial charge in [-0.25, -0.2) is 4.79 Å². The van der Waals surface area contributed by atoms with Crippen LogP contribution in [0.1, 0.15) is 0 Å². The fourth-order valence-corrected chi connectivity index (χ4v) is 2.36. The Morgan fingerprint density at radius 1 is 1.43 bits per heavy atom. The van der Waals surface area contributed by atoms with E-state index in [2.05, 4.69) is 0 Å². The van der Waals surface area contributed by atoms with Crippen LogP contribution in [-0.2, 0) is 4.79 Å². The van der Waals surface area contributed by atoms with E-state index in [9.17, 15) is 4.79 Å². The first-order chi connectivity index (χ1) is 3.43. The number of hydrogen-bond acceptors (Lipinski definition) is 3. The molecule has 0 aliphatic carbocycles. The predicted molar refractivity (Wildman–Crippen MR) is 34.1 cm³/mol. The van der Waals surface area contributed by atoms with Crippen molar-refractivity contribution in [2.45, 2.75) is 0 Å². The molecule has 38 valence electrons. The van der Waals surface area contributed by atoms with E-state index >= 15 is 0 Å². The van der Waals surface area contributed by atoms with E-state index in [-0.39, 0.29) is 0 Å². The minimum Gasteiger partial charge on any atom is -0.232 e. The largest absolute Gasteiger partial charge is 0.232 e. The average molecular weight is 132 g/mol. The highest BCUT2D eigenvalue weighted by Gasteiger charge is 2.06. The molecule has 0 bridgehead atoms. The monoisotopic (exact) mass is 132 g/mol. The van der Waals surface area contributed by atoms with E-state index in [0.29, 0.717) is 0 Å². The zero-order valence-electron chi connectivity index (χ0n) is 3.64. The fraction of sp³-hybridized carbons (Fsp3) is 0.500. The molecule has 1 aliphatic rings. The summed E-state index contributed by atoms with van der Waals surface area (Å²) in [5.74, 6) is 4.01. The lowest BCUT2D eigenvalue weighted by atomic mass is 11.0. The lowest BCUT2D eigenvalue weighted by molar-refractivity contribution is 0.569. The van der Waals surface area contributed by atoms with Crippen molar-refractivity contribution in [2.75, 3.05) is 11.5 Å². The highest BCUT2D eigenvalue weighted by Crippen LogP contribution is 2.33. The summed E-state index contributed by atoms with van der Waals surface area (Å²) in [5, 5.41) is 0. The van der Waals surface area contributed by atoms with Gasteiger partial charge in [0.05, 0.1) is 0 Å². The van der Waals surface area contributed by atoms with E-state index in [0.717, 1.165) is 15.7 Å². The minimum atomic E-state index is 0.819. The molecule has 1 aliphatic heterocycles. The minimum absolute atomic E-state index is 0.819. The van der Waals surface area contributed by atoms with Gasteiger partial charge in [0.1, 0.15) is 10.2 Å². The van der Waals surface area contributed by atoms with Gasteiger partial charge in [-0.05, 0) is 0 Å². The quantitative estimate of drug-likeness (QED) is 0.460.